The van der Waals surface area contributed by atoms with Crippen LogP contribution in [0.5, 0.6) is 11.5 Å². The molecular formula is C18H23NO7S. The summed E-state index contributed by atoms with van der Waals surface area (Å²) in [4.78, 5) is 26.4. The Balaban J connectivity index is 1.62. The fourth-order valence-corrected chi connectivity index (χ4v) is 4.92. The molecule has 0 bridgehead atoms. The summed E-state index contributed by atoms with van der Waals surface area (Å²) < 4.78 is 39.1. The maximum atomic E-state index is 12.6. The van der Waals surface area contributed by atoms with Crippen molar-refractivity contribution in [2.75, 3.05) is 31.5 Å². The summed E-state index contributed by atoms with van der Waals surface area (Å²) in [5.74, 6) is 0.173. The van der Waals surface area contributed by atoms with Crippen LogP contribution in [0.4, 0.5) is 0 Å². The summed E-state index contributed by atoms with van der Waals surface area (Å²) in [5.41, 5.74) is 0.255. The van der Waals surface area contributed by atoms with E-state index < -0.39 is 22.4 Å². The van der Waals surface area contributed by atoms with E-state index in [1.54, 1.807) is 6.07 Å². The predicted octanol–water partition coefficient (Wildman–Crippen LogP) is 1.24. The molecule has 3 rings (SSSR count). The second-order valence-electron chi connectivity index (χ2n) is 7.14. The van der Waals surface area contributed by atoms with E-state index in [-0.39, 0.29) is 41.7 Å². The van der Waals surface area contributed by atoms with Crippen molar-refractivity contribution < 1.29 is 32.2 Å². The van der Waals surface area contributed by atoms with E-state index in [0.29, 0.717) is 24.5 Å². The molecule has 0 radical (unpaired) electrons. The van der Waals surface area contributed by atoms with Crippen LogP contribution in [0.25, 0.3) is 0 Å². The van der Waals surface area contributed by atoms with Gasteiger partial charge in [0, 0.05) is 12.6 Å². The molecule has 1 amide bonds. The van der Waals surface area contributed by atoms with E-state index in [0.717, 1.165) is 0 Å². The number of esters is 1. The Labute approximate surface area is 158 Å². The molecule has 0 aliphatic carbocycles. The number of rotatable bonds is 6. The standard InChI is InChI=1S/C18H23NO7S/c1-12(2)8-19(14-5-6-27(22,23)10-14)17(20)9-24-18(21)13-3-4-15-16(7-13)26-11-25-15/h3-4,7,12,14H,5-6,8-11H2,1-2H3/t14-/m0/s1. The largest absolute Gasteiger partial charge is 0.454 e. The normalized spacial score (nSPS) is 19.9. The lowest BCUT2D eigenvalue weighted by atomic mass is 10.1. The van der Waals surface area contributed by atoms with Crippen molar-refractivity contribution in [3.05, 3.63) is 23.8 Å². The van der Waals surface area contributed by atoms with Gasteiger partial charge in [-0.3, -0.25) is 4.79 Å². The van der Waals surface area contributed by atoms with Crippen molar-refractivity contribution in [1.82, 2.24) is 4.90 Å². The van der Waals surface area contributed by atoms with E-state index >= 15 is 0 Å². The molecule has 2 heterocycles. The van der Waals surface area contributed by atoms with Crippen LogP contribution in [0.1, 0.15) is 30.6 Å². The fraction of sp³-hybridized carbons (Fsp3) is 0.556. The third-order valence-electron chi connectivity index (χ3n) is 4.47. The predicted molar refractivity (Wildman–Crippen MR) is 96.5 cm³/mol. The van der Waals surface area contributed by atoms with E-state index in [4.69, 9.17) is 14.2 Å². The molecule has 0 spiro atoms. The number of sulfone groups is 1. The number of benzene rings is 1. The van der Waals surface area contributed by atoms with Gasteiger partial charge in [0.15, 0.2) is 27.9 Å². The number of ether oxygens (including phenoxy) is 3. The molecule has 2 aliphatic heterocycles. The third kappa shape index (κ3) is 4.71. The highest BCUT2D eigenvalue weighted by atomic mass is 32.2. The lowest BCUT2D eigenvalue weighted by Crippen LogP contribution is -2.45. The van der Waals surface area contributed by atoms with Crippen molar-refractivity contribution in [1.29, 1.82) is 0 Å². The van der Waals surface area contributed by atoms with Gasteiger partial charge in [0.2, 0.25) is 6.79 Å². The second kappa shape index (κ2) is 7.75. The quantitative estimate of drug-likeness (QED) is 0.666. The molecule has 1 aromatic carbocycles. The monoisotopic (exact) mass is 397 g/mol. The SMILES string of the molecule is CC(C)CN(C(=O)COC(=O)c1ccc2c(c1)OCO2)[C@H]1CCS(=O)(=O)C1. The summed E-state index contributed by atoms with van der Waals surface area (Å²) in [6, 6.07) is 4.28. The molecule has 0 N–H and O–H groups in total. The van der Waals surface area contributed by atoms with Crippen LogP contribution in [0, 0.1) is 5.92 Å². The van der Waals surface area contributed by atoms with Crippen molar-refractivity contribution in [3.63, 3.8) is 0 Å². The first kappa shape index (κ1) is 19.5. The van der Waals surface area contributed by atoms with Crippen molar-refractivity contribution in [2.24, 2.45) is 5.92 Å². The zero-order valence-electron chi connectivity index (χ0n) is 15.3. The molecule has 0 aromatic heterocycles. The van der Waals surface area contributed by atoms with Gasteiger partial charge in [-0.05, 0) is 30.5 Å². The van der Waals surface area contributed by atoms with Crippen LogP contribution in [0.2, 0.25) is 0 Å². The first-order chi connectivity index (χ1) is 12.7. The topological polar surface area (TPSA) is 99.2 Å². The minimum atomic E-state index is -3.12. The van der Waals surface area contributed by atoms with Gasteiger partial charge in [0.1, 0.15) is 0 Å². The highest BCUT2D eigenvalue weighted by Gasteiger charge is 2.35. The van der Waals surface area contributed by atoms with Gasteiger partial charge >= 0.3 is 5.97 Å². The summed E-state index contributed by atoms with van der Waals surface area (Å²) in [6.45, 7) is 3.97. The molecule has 0 unspecified atom stereocenters. The van der Waals surface area contributed by atoms with Gasteiger partial charge in [-0.15, -0.1) is 0 Å². The zero-order chi connectivity index (χ0) is 19.6. The van der Waals surface area contributed by atoms with Crippen LogP contribution in [0.15, 0.2) is 18.2 Å². The Morgan fingerprint density at radius 1 is 1.26 bits per heavy atom. The maximum Gasteiger partial charge on any atom is 0.338 e. The molecular weight excluding hydrogens is 374 g/mol. The molecule has 1 saturated heterocycles. The van der Waals surface area contributed by atoms with Crippen LogP contribution >= 0.6 is 0 Å². The molecule has 1 fully saturated rings. The van der Waals surface area contributed by atoms with E-state index in [9.17, 15) is 18.0 Å². The second-order valence-corrected chi connectivity index (χ2v) is 9.37. The van der Waals surface area contributed by atoms with Crippen molar-refractivity contribution >= 4 is 21.7 Å². The lowest BCUT2D eigenvalue weighted by molar-refractivity contribution is -0.137. The van der Waals surface area contributed by atoms with E-state index in [2.05, 4.69) is 0 Å². The Hall–Kier alpha value is -2.29. The Morgan fingerprint density at radius 2 is 2.00 bits per heavy atom. The first-order valence-electron chi connectivity index (χ1n) is 8.82. The number of amides is 1. The van der Waals surface area contributed by atoms with E-state index in [1.165, 1.54) is 17.0 Å². The molecule has 9 heteroatoms. The van der Waals surface area contributed by atoms with Gasteiger partial charge in [-0.2, -0.15) is 0 Å². The summed E-state index contributed by atoms with van der Waals surface area (Å²) in [7, 11) is -3.12. The van der Waals surface area contributed by atoms with Crippen molar-refractivity contribution in [3.8, 4) is 11.5 Å². The molecule has 148 valence electrons. The third-order valence-corrected chi connectivity index (χ3v) is 6.22. The number of carbonyl (C=O) groups is 2. The Kier molecular flexibility index (Phi) is 5.59. The van der Waals surface area contributed by atoms with Gasteiger partial charge in [-0.1, -0.05) is 13.8 Å². The average molecular weight is 397 g/mol. The number of fused-ring (bicyclic) bond motifs is 1. The number of nitrogens with zero attached hydrogens (tertiary/aromatic N) is 1. The molecule has 1 atom stereocenters. The number of hydrogen-bond donors (Lipinski definition) is 0. The van der Waals surface area contributed by atoms with Gasteiger partial charge in [-0.25, -0.2) is 13.2 Å². The highest BCUT2D eigenvalue weighted by molar-refractivity contribution is 7.91. The minimum absolute atomic E-state index is 0.0401. The van der Waals surface area contributed by atoms with Crippen LogP contribution in [-0.4, -0.2) is 62.7 Å². The highest BCUT2D eigenvalue weighted by Crippen LogP contribution is 2.32. The Morgan fingerprint density at radius 3 is 2.67 bits per heavy atom. The van der Waals surface area contributed by atoms with Crippen LogP contribution in [-0.2, 0) is 19.4 Å². The molecule has 27 heavy (non-hydrogen) atoms. The average Bonchev–Trinajstić information content (AvgIpc) is 3.22. The Bertz CT molecular complexity index is 834. The first-order valence-corrected chi connectivity index (χ1v) is 10.6. The molecule has 8 nitrogen and oxygen atoms in total. The van der Waals surface area contributed by atoms with Crippen LogP contribution < -0.4 is 9.47 Å². The fourth-order valence-electron chi connectivity index (χ4n) is 3.19. The van der Waals surface area contributed by atoms with Crippen LogP contribution in [0.3, 0.4) is 0 Å². The zero-order valence-corrected chi connectivity index (χ0v) is 16.2. The number of hydrogen-bond acceptors (Lipinski definition) is 7. The summed E-state index contributed by atoms with van der Waals surface area (Å²) in [6.07, 6.45) is 0.414. The smallest absolute Gasteiger partial charge is 0.338 e. The molecule has 0 saturated carbocycles. The molecule has 2 aliphatic rings. The number of carbonyl (C=O) groups excluding carboxylic acids is 2. The maximum absolute atomic E-state index is 12.6. The summed E-state index contributed by atoms with van der Waals surface area (Å²) in [5, 5.41) is 0. The lowest BCUT2D eigenvalue weighted by Gasteiger charge is -2.29. The van der Waals surface area contributed by atoms with Gasteiger partial charge in [0.25, 0.3) is 5.91 Å². The van der Waals surface area contributed by atoms with Gasteiger partial charge in [0.05, 0.1) is 17.1 Å². The summed E-state index contributed by atoms with van der Waals surface area (Å²) >= 11 is 0. The van der Waals surface area contributed by atoms with Crippen molar-refractivity contribution in [2.45, 2.75) is 26.3 Å². The molecule has 1 aromatic rings. The van der Waals surface area contributed by atoms with Gasteiger partial charge < -0.3 is 19.1 Å². The van der Waals surface area contributed by atoms with E-state index in [1.807, 2.05) is 13.8 Å². The minimum Gasteiger partial charge on any atom is -0.454 e.